The quantitative estimate of drug-likeness (QED) is 0.855. The molecule has 0 saturated heterocycles. The van der Waals surface area contributed by atoms with Crippen LogP contribution >= 0.6 is 0 Å². The van der Waals surface area contributed by atoms with Gasteiger partial charge in [-0.05, 0) is 30.5 Å². The number of ether oxygens (including phenoxy) is 1. The fourth-order valence-electron chi connectivity index (χ4n) is 2.34. The molecular weight excluding hydrogens is 304 g/mol. The van der Waals surface area contributed by atoms with Gasteiger partial charge in [-0.1, -0.05) is 13.0 Å². The van der Waals surface area contributed by atoms with Crippen LogP contribution in [-0.2, 0) is 21.2 Å². The molecule has 0 unspecified atom stereocenters. The zero-order chi connectivity index (χ0) is 16.2. The van der Waals surface area contributed by atoms with Gasteiger partial charge in [-0.25, -0.2) is 13.1 Å². The lowest BCUT2D eigenvalue weighted by Crippen LogP contribution is -2.28. The predicted octanol–water partition coefficient (Wildman–Crippen LogP) is 1.30. The van der Waals surface area contributed by atoms with Gasteiger partial charge in [0.25, 0.3) is 0 Å². The SMILES string of the molecule is CCCS(=O)(=O)NCCc1ccc2c(c1)N(C)C(=O)CCO2. The number of nitrogens with one attached hydrogen (secondary N) is 1. The van der Waals surface area contributed by atoms with Crippen LogP contribution in [0.15, 0.2) is 18.2 Å². The van der Waals surface area contributed by atoms with Crippen molar-refractivity contribution in [3.8, 4) is 5.75 Å². The first kappa shape index (κ1) is 16.8. The Balaban J connectivity index is 2.05. The smallest absolute Gasteiger partial charge is 0.230 e. The largest absolute Gasteiger partial charge is 0.491 e. The number of carbonyl (C=O) groups excluding carboxylic acids is 1. The summed E-state index contributed by atoms with van der Waals surface area (Å²) in [6.45, 7) is 2.56. The van der Waals surface area contributed by atoms with Crippen LogP contribution in [0, 0.1) is 0 Å². The Labute approximate surface area is 131 Å². The lowest BCUT2D eigenvalue weighted by Gasteiger charge is -2.17. The van der Waals surface area contributed by atoms with E-state index in [0.717, 1.165) is 11.3 Å². The van der Waals surface area contributed by atoms with Crippen LogP contribution in [0.25, 0.3) is 0 Å². The molecule has 0 bridgehead atoms. The number of rotatable bonds is 6. The van der Waals surface area contributed by atoms with Crippen LogP contribution in [0.1, 0.15) is 25.3 Å². The molecule has 1 N–H and O–H groups in total. The van der Waals surface area contributed by atoms with Crippen LogP contribution in [0.3, 0.4) is 0 Å². The number of nitrogens with zero attached hydrogens (tertiary/aromatic N) is 1. The summed E-state index contributed by atoms with van der Waals surface area (Å²) in [5.74, 6) is 0.839. The normalized spacial score (nSPS) is 15.2. The number of hydrogen-bond donors (Lipinski definition) is 1. The van der Waals surface area contributed by atoms with E-state index in [2.05, 4.69) is 4.72 Å². The Hall–Kier alpha value is -1.60. The molecule has 0 fully saturated rings. The van der Waals surface area contributed by atoms with Crippen LogP contribution in [0.2, 0.25) is 0 Å². The molecule has 1 heterocycles. The Bertz CT molecular complexity index is 643. The van der Waals surface area contributed by atoms with Crippen molar-refractivity contribution < 1.29 is 17.9 Å². The topological polar surface area (TPSA) is 75.7 Å². The van der Waals surface area contributed by atoms with Gasteiger partial charge >= 0.3 is 0 Å². The van der Waals surface area contributed by atoms with Crippen molar-refractivity contribution >= 4 is 21.6 Å². The van der Waals surface area contributed by atoms with Crippen LogP contribution in [-0.4, -0.2) is 40.3 Å². The van der Waals surface area contributed by atoms with Crippen LogP contribution in [0.5, 0.6) is 5.75 Å². The van der Waals surface area contributed by atoms with Crippen molar-refractivity contribution in [3.63, 3.8) is 0 Å². The Morgan fingerprint density at radius 1 is 1.36 bits per heavy atom. The Kier molecular flexibility index (Phi) is 5.42. The van der Waals surface area contributed by atoms with E-state index in [1.54, 1.807) is 11.9 Å². The maximum atomic E-state index is 11.9. The first-order valence-electron chi connectivity index (χ1n) is 7.42. The lowest BCUT2D eigenvalue weighted by atomic mass is 10.1. The summed E-state index contributed by atoms with van der Waals surface area (Å²) >= 11 is 0. The van der Waals surface area contributed by atoms with Crippen LogP contribution in [0.4, 0.5) is 5.69 Å². The molecule has 0 aliphatic carbocycles. The second kappa shape index (κ2) is 7.11. The standard InChI is InChI=1S/C15H22N2O4S/c1-3-10-22(19,20)16-8-6-12-4-5-14-13(11-12)17(2)15(18)7-9-21-14/h4-5,11,16H,3,6-10H2,1-2H3. The molecule has 2 rings (SSSR count). The molecule has 7 heteroatoms. The first-order chi connectivity index (χ1) is 10.4. The molecule has 0 spiro atoms. The summed E-state index contributed by atoms with van der Waals surface area (Å²) in [4.78, 5) is 13.5. The van der Waals surface area contributed by atoms with Gasteiger partial charge < -0.3 is 9.64 Å². The summed E-state index contributed by atoms with van der Waals surface area (Å²) in [5, 5.41) is 0. The number of amides is 1. The van der Waals surface area contributed by atoms with Gasteiger partial charge in [0.1, 0.15) is 5.75 Å². The monoisotopic (exact) mass is 326 g/mol. The fourth-order valence-corrected chi connectivity index (χ4v) is 3.44. The maximum Gasteiger partial charge on any atom is 0.230 e. The van der Waals surface area contributed by atoms with Crippen molar-refractivity contribution in [3.05, 3.63) is 23.8 Å². The number of hydrogen-bond acceptors (Lipinski definition) is 4. The third kappa shape index (κ3) is 4.20. The highest BCUT2D eigenvalue weighted by molar-refractivity contribution is 7.89. The van der Waals surface area contributed by atoms with E-state index in [9.17, 15) is 13.2 Å². The first-order valence-corrected chi connectivity index (χ1v) is 9.08. The van der Waals surface area contributed by atoms with E-state index in [1.165, 1.54) is 0 Å². The molecule has 1 aliphatic heterocycles. The van der Waals surface area contributed by atoms with E-state index in [4.69, 9.17) is 4.74 Å². The van der Waals surface area contributed by atoms with Gasteiger partial charge in [0, 0.05) is 13.6 Å². The fraction of sp³-hybridized carbons (Fsp3) is 0.533. The summed E-state index contributed by atoms with van der Waals surface area (Å²) in [7, 11) is -1.46. The number of sulfonamides is 1. The van der Waals surface area contributed by atoms with Gasteiger partial charge in [0.15, 0.2) is 0 Å². The maximum absolute atomic E-state index is 11.9. The molecule has 1 aliphatic rings. The van der Waals surface area contributed by atoms with Gasteiger partial charge in [-0.15, -0.1) is 0 Å². The number of carbonyl (C=O) groups is 1. The Morgan fingerprint density at radius 2 is 2.14 bits per heavy atom. The highest BCUT2D eigenvalue weighted by Gasteiger charge is 2.20. The minimum atomic E-state index is -3.18. The minimum absolute atomic E-state index is 0.0135. The molecule has 0 aromatic heterocycles. The van der Waals surface area contributed by atoms with Crippen molar-refractivity contribution in [1.29, 1.82) is 0 Å². The zero-order valence-electron chi connectivity index (χ0n) is 13.0. The molecule has 0 radical (unpaired) electrons. The van der Waals surface area contributed by atoms with E-state index in [1.807, 2.05) is 25.1 Å². The highest BCUT2D eigenvalue weighted by Crippen LogP contribution is 2.31. The summed E-state index contributed by atoms with van der Waals surface area (Å²) in [5.41, 5.74) is 1.69. The zero-order valence-corrected chi connectivity index (χ0v) is 13.8. The second-order valence-electron chi connectivity index (χ2n) is 5.32. The molecular formula is C15H22N2O4S. The third-order valence-electron chi connectivity index (χ3n) is 3.54. The molecule has 0 saturated carbocycles. The average Bonchev–Trinajstić information content (AvgIpc) is 2.59. The van der Waals surface area contributed by atoms with Crippen molar-refractivity contribution in [1.82, 2.24) is 4.72 Å². The van der Waals surface area contributed by atoms with E-state index >= 15 is 0 Å². The van der Waals surface area contributed by atoms with E-state index < -0.39 is 10.0 Å². The summed E-state index contributed by atoms with van der Waals surface area (Å²) in [6.07, 6.45) is 1.52. The van der Waals surface area contributed by atoms with Gasteiger partial charge in [-0.2, -0.15) is 0 Å². The molecule has 6 nitrogen and oxygen atoms in total. The Morgan fingerprint density at radius 3 is 2.86 bits per heavy atom. The molecule has 1 amide bonds. The van der Waals surface area contributed by atoms with Gasteiger partial charge in [-0.3, -0.25) is 4.79 Å². The van der Waals surface area contributed by atoms with Crippen molar-refractivity contribution in [2.75, 3.05) is 30.9 Å². The van der Waals surface area contributed by atoms with E-state index in [-0.39, 0.29) is 11.7 Å². The third-order valence-corrected chi connectivity index (χ3v) is 5.13. The van der Waals surface area contributed by atoms with Gasteiger partial charge in [0.2, 0.25) is 15.9 Å². The van der Waals surface area contributed by atoms with E-state index in [0.29, 0.717) is 38.2 Å². The predicted molar refractivity (Wildman–Crippen MR) is 85.7 cm³/mol. The number of benzene rings is 1. The van der Waals surface area contributed by atoms with Gasteiger partial charge in [0.05, 0.1) is 24.5 Å². The summed E-state index contributed by atoms with van der Waals surface area (Å²) < 4.78 is 31.4. The average molecular weight is 326 g/mol. The second-order valence-corrected chi connectivity index (χ2v) is 7.24. The van der Waals surface area contributed by atoms with Crippen molar-refractivity contribution in [2.45, 2.75) is 26.2 Å². The lowest BCUT2D eigenvalue weighted by molar-refractivity contribution is -0.118. The highest BCUT2D eigenvalue weighted by atomic mass is 32.2. The molecule has 122 valence electrons. The summed E-state index contributed by atoms with van der Waals surface area (Å²) in [6, 6.07) is 5.61. The molecule has 1 aromatic carbocycles. The number of fused-ring (bicyclic) bond motifs is 1. The van der Waals surface area contributed by atoms with Crippen LogP contribution < -0.4 is 14.4 Å². The molecule has 1 aromatic rings. The minimum Gasteiger partial charge on any atom is -0.491 e. The molecule has 22 heavy (non-hydrogen) atoms. The molecule has 0 atom stereocenters. The number of anilines is 1. The van der Waals surface area contributed by atoms with Crippen molar-refractivity contribution in [2.24, 2.45) is 0 Å².